The maximum Gasteiger partial charge on any atom is 0.136 e. The van der Waals surface area contributed by atoms with Crippen LogP contribution in [0.15, 0.2) is 0 Å². The Labute approximate surface area is 55.4 Å². The Hall–Kier alpha value is -0.330. The highest BCUT2D eigenvalue weighted by Crippen LogP contribution is 2.59. The minimum absolute atomic E-state index is 0.468. The molecule has 1 nitrogen and oxygen atoms in total. The molecule has 0 heterocycles. The maximum atomic E-state index is 11.0. The Bertz CT molecular complexity index is 162. The highest BCUT2D eigenvalue weighted by atomic mass is 16.1. The minimum atomic E-state index is 0.468. The molecule has 0 spiro atoms. The zero-order valence-corrected chi connectivity index (χ0v) is 5.81. The molecule has 0 radical (unpaired) electrons. The van der Waals surface area contributed by atoms with E-state index in [-0.39, 0.29) is 0 Å². The summed E-state index contributed by atoms with van der Waals surface area (Å²) in [6, 6.07) is 0. The molecule has 2 aliphatic carbocycles. The summed E-state index contributed by atoms with van der Waals surface area (Å²) in [5.74, 6) is 1.01. The van der Waals surface area contributed by atoms with Crippen molar-refractivity contribution in [2.24, 2.45) is 11.3 Å². The molecule has 2 aliphatic rings. The van der Waals surface area contributed by atoms with Crippen LogP contribution in [0, 0.1) is 11.3 Å². The summed E-state index contributed by atoms with van der Waals surface area (Å²) in [7, 11) is 0. The Kier molecular flexibility index (Phi) is 0.842. The van der Waals surface area contributed by atoms with Crippen molar-refractivity contribution < 1.29 is 4.79 Å². The quantitative estimate of drug-likeness (QED) is 0.481. The van der Waals surface area contributed by atoms with Crippen LogP contribution in [0.25, 0.3) is 0 Å². The first-order valence-electron chi connectivity index (χ1n) is 3.75. The van der Waals surface area contributed by atoms with E-state index in [2.05, 4.69) is 6.92 Å². The van der Waals surface area contributed by atoms with Gasteiger partial charge in [-0.3, -0.25) is 4.79 Å². The van der Waals surface area contributed by atoms with Gasteiger partial charge < -0.3 is 0 Å². The second kappa shape index (κ2) is 1.39. The smallest absolute Gasteiger partial charge is 0.136 e. The van der Waals surface area contributed by atoms with E-state index in [9.17, 15) is 4.79 Å². The minimum Gasteiger partial charge on any atom is -0.299 e. The topological polar surface area (TPSA) is 17.1 Å². The fraction of sp³-hybridized carbons (Fsp3) is 0.875. The normalized spacial score (nSPS) is 48.6. The van der Waals surface area contributed by atoms with Crippen molar-refractivity contribution in [2.45, 2.75) is 32.6 Å². The van der Waals surface area contributed by atoms with Gasteiger partial charge in [-0.15, -0.1) is 0 Å². The third-order valence-corrected chi connectivity index (χ3v) is 2.91. The number of carbonyl (C=O) groups is 1. The molecule has 0 aromatic rings. The summed E-state index contributed by atoms with van der Waals surface area (Å²) in [4.78, 5) is 11.0. The van der Waals surface area contributed by atoms with Gasteiger partial charge in [0, 0.05) is 12.3 Å². The van der Waals surface area contributed by atoms with Gasteiger partial charge in [-0.1, -0.05) is 6.92 Å². The van der Waals surface area contributed by atoms with E-state index >= 15 is 0 Å². The summed E-state index contributed by atoms with van der Waals surface area (Å²) in [5.41, 5.74) is 0.468. The highest BCUT2D eigenvalue weighted by Gasteiger charge is 2.55. The predicted molar refractivity (Wildman–Crippen MR) is 35.1 cm³/mol. The van der Waals surface area contributed by atoms with Gasteiger partial charge in [0.25, 0.3) is 0 Å². The number of hydrogen-bond donors (Lipinski definition) is 0. The first kappa shape index (κ1) is 5.45. The van der Waals surface area contributed by atoms with Crippen LogP contribution < -0.4 is 0 Å². The van der Waals surface area contributed by atoms with Crippen molar-refractivity contribution in [1.82, 2.24) is 0 Å². The van der Waals surface area contributed by atoms with E-state index < -0.39 is 0 Å². The molecule has 50 valence electrons. The van der Waals surface area contributed by atoms with Crippen LogP contribution in [0.4, 0.5) is 0 Å². The van der Waals surface area contributed by atoms with Crippen molar-refractivity contribution >= 4 is 5.78 Å². The molecule has 1 heteroatoms. The number of hydrogen-bond acceptors (Lipinski definition) is 1. The Morgan fingerprint density at radius 3 is 3.00 bits per heavy atom. The Morgan fingerprint density at radius 2 is 2.44 bits per heavy atom. The number of fused-ring (bicyclic) bond motifs is 1. The average molecular weight is 124 g/mol. The van der Waals surface area contributed by atoms with Crippen molar-refractivity contribution in [3.63, 3.8) is 0 Å². The molecule has 0 bridgehead atoms. The molecule has 9 heavy (non-hydrogen) atoms. The van der Waals surface area contributed by atoms with Crippen LogP contribution in [-0.2, 0) is 4.79 Å². The lowest BCUT2D eigenvalue weighted by atomic mass is 9.89. The molecule has 2 rings (SSSR count). The summed E-state index contributed by atoms with van der Waals surface area (Å²) in [6.45, 7) is 2.24. The van der Waals surface area contributed by atoms with E-state index in [1.54, 1.807) is 0 Å². The van der Waals surface area contributed by atoms with E-state index in [0.29, 0.717) is 17.1 Å². The fourth-order valence-electron chi connectivity index (χ4n) is 2.03. The second-order valence-corrected chi connectivity index (χ2v) is 3.73. The van der Waals surface area contributed by atoms with Crippen LogP contribution in [0.3, 0.4) is 0 Å². The number of ketones is 1. The number of rotatable bonds is 0. The lowest BCUT2D eigenvalue weighted by Crippen LogP contribution is -2.13. The molecular formula is C8H12O. The van der Waals surface area contributed by atoms with Gasteiger partial charge in [-0.05, 0) is 24.7 Å². The molecular weight excluding hydrogens is 112 g/mol. The van der Waals surface area contributed by atoms with Gasteiger partial charge in [-0.2, -0.15) is 0 Å². The molecule has 0 unspecified atom stereocenters. The first-order chi connectivity index (χ1) is 4.22. The zero-order chi connectivity index (χ0) is 6.48. The van der Waals surface area contributed by atoms with Crippen LogP contribution in [0.2, 0.25) is 0 Å². The Morgan fingerprint density at radius 1 is 1.67 bits per heavy atom. The average Bonchev–Trinajstić information content (AvgIpc) is 2.43. The molecule has 0 aromatic carbocycles. The van der Waals surface area contributed by atoms with Crippen molar-refractivity contribution in [3.05, 3.63) is 0 Å². The Balaban J connectivity index is 2.16. The van der Waals surface area contributed by atoms with Gasteiger partial charge in [0.15, 0.2) is 0 Å². The molecule has 0 amide bonds. The third kappa shape index (κ3) is 0.637. The first-order valence-corrected chi connectivity index (χ1v) is 3.75. The van der Waals surface area contributed by atoms with Crippen LogP contribution in [-0.4, -0.2) is 5.78 Å². The van der Waals surface area contributed by atoms with Gasteiger partial charge in [0.2, 0.25) is 0 Å². The molecule has 0 saturated heterocycles. The fourth-order valence-corrected chi connectivity index (χ4v) is 2.03. The van der Waals surface area contributed by atoms with Crippen molar-refractivity contribution in [2.75, 3.05) is 0 Å². The third-order valence-electron chi connectivity index (χ3n) is 2.91. The largest absolute Gasteiger partial charge is 0.299 e. The van der Waals surface area contributed by atoms with Crippen molar-refractivity contribution in [3.8, 4) is 0 Å². The van der Waals surface area contributed by atoms with Crippen LogP contribution in [0.1, 0.15) is 32.6 Å². The highest BCUT2D eigenvalue weighted by molar-refractivity contribution is 5.85. The molecule has 0 aromatic heterocycles. The molecule has 2 fully saturated rings. The van der Waals surface area contributed by atoms with Gasteiger partial charge >= 0.3 is 0 Å². The number of Topliss-reactive ketones (excluding diaryl/α,β-unsaturated/α-hetero) is 1. The monoisotopic (exact) mass is 124 g/mol. The lowest BCUT2D eigenvalue weighted by molar-refractivity contribution is -0.122. The number of carbonyl (C=O) groups excluding carboxylic acids is 1. The van der Waals surface area contributed by atoms with E-state index in [0.717, 1.165) is 12.8 Å². The summed E-state index contributed by atoms with van der Waals surface area (Å²) < 4.78 is 0. The summed E-state index contributed by atoms with van der Waals surface area (Å²) in [5, 5.41) is 0. The van der Waals surface area contributed by atoms with E-state index in [4.69, 9.17) is 0 Å². The SMILES string of the molecule is C[C@]12CCCC(=O)[C@H]1C2. The van der Waals surface area contributed by atoms with Gasteiger partial charge in [-0.25, -0.2) is 0 Å². The summed E-state index contributed by atoms with van der Waals surface area (Å²) >= 11 is 0. The molecule has 0 N–H and O–H groups in total. The molecule has 2 atom stereocenters. The van der Waals surface area contributed by atoms with Crippen LogP contribution >= 0.6 is 0 Å². The second-order valence-electron chi connectivity index (χ2n) is 3.73. The van der Waals surface area contributed by atoms with E-state index in [1.807, 2.05) is 0 Å². The summed E-state index contributed by atoms with van der Waals surface area (Å²) in [6.07, 6.45) is 4.49. The zero-order valence-electron chi connectivity index (χ0n) is 5.81. The lowest BCUT2D eigenvalue weighted by Gasteiger charge is -2.14. The van der Waals surface area contributed by atoms with Crippen molar-refractivity contribution in [1.29, 1.82) is 0 Å². The van der Waals surface area contributed by atoms with Crippen LogP contribution in [0.5, 0.6) is 0 Å². The predicted octanol–water partition coefficient (Wildman–Crippen LogP) is 1.77. The van der Waals surface area contributed by atoms with Gasteiger partial charge in [0.05, 0.1) is 0 Å². The standard InChI is InChI=1S/C8H12O/c1-8-4-2-3-7(9)6(8)5-8/h6H,2-5H2,1H3/t6-,8-/m1/s1. The van der Waals surface area contributed by atoms with E-state index in [1.165, 1.54) is 12.8 Å². The molecule has 0 aliphatic heterocycles. The molecule has 2 saturated carbocycles. The maximum absolute atomic E-state index is 11.0. The van der Waals surface area contributed by atoms with Gasteiger partial charge in [0.1, 0.15) is 5.78 Å².